The molecule has 2 aliphatic heterocycles. The van der Waals surface area contributed by atoms with Gasteiger partial charge in [0.2, 0.25) is 23.6 Å². The highest BCUT2D eigenvalue weighted by atomic mass is 16.2. The standard InChI is InChI=1S/C24H24N2O4/c1-12-3-2-4-17-18(12)22(28)25(21(17)27)15-7-9-16(10-8-15)26-23(29)19-13-5-6-14(11-13)20(19)24(26)30/h2-3,7-10,12-14,17-20H,4-6,11H2,1H3/t12-,13-,14-,17+,18+,19-,20+/m0/s1. The quantitative estimate of drug-likeness (QED) is 0.561. The monoisotopic (exact) mass is 404 g/mol. The maximum absolute atomic E-state index is 13.0. The SMILES string of the molecule is C[C@H]1C=CC[C@H]2C(=O)N(c3ccc(N4C(=O)[C@@H]5[C@H]6CC[C@@H](C6)[C@@H]5C4=O)cc3)C(=O)[C@H]12. The molecule has 2 heterocycles. The second kappa shape index (κ2) is 6.13. The van der Waals surface area contributed by atoms with Crippen LogP contribution in [0.25, 0.3) is 0 Å². The van der Waals surface area contributed by atoms with Crippen LogP contribution in [0.15, 0.2) is 36.4 Å². The van der Waals surface area contributed by atoms with Gasteiger partial charge in [0, 0.05) is 0 Å². The van der Waals surface area contributed by atoms with Crippen LogP contribution in [0.3, 0.4) is 0 Å². The lowest BCUT2D eigenvalue weighted by Crippen LogP contribution is -2.33. The van der Waals surface area contributed by atoms with Crippen LogP contribution in [-0.4, -0.2) is 23.6 Å². The van der Waals surface area contributed by atoms with Crippen molar-refractivity contribution in [1.82, 2.24) is 0 Å². The molecule has 30 heavy (non-hydrogen) atoms. The third-order valence-electron chi connectivity index (χ3n) is 8.17. The van der Waals surface area contributed by atoms with E-state index in [-0.39, 0.29) is 53.2 Å². The molecule has 4 fully saturated rings. The molecular weight excluding hydrogens is 380 g/mol. The second-order valence-corrected chi connectivity index (χ2v) is 9.58. The Hall–Kier alpha value is -2.76. The van der Waals surface area contributed by atoms with Gasteiger partial charge in [-0.25, -0.2) is 0 Å². The number of hydrogen-bond donors (Lipinski definition) is 0. The third-order valence-corrected chi connectivity index (χ3v) is 8.17. The molecular formula is C24H24N2O4. The minimum atomic E-state index is -0.307. The van der Waals surface area contributed by atoms with Gasteiger partial charge in [0.1, 0.15) is 0 Å². The van der Waals surface area contributed by atoms with Gasteiger partial charge in [-0.2, -0.15) is 0 Å². The Bertz CT molecular complexity index is 964. The molecule has 1 aromatic carbocycles. The highest BCUT2D eigenvalue weighted by Gasteiger charge is 2.61. The van der Waals surface area contributed by atoms with Crippen molar-refractivity contribution in [1.29, 1.82) is 0 Å². The zero-order chi connectivity index (χ0) is 20.7. The molecule has 5 aliphatic rings. The van der Waals surface area contributed by atoms with Crippen molar-refractivity contribution >= 4 is 35.0 Å². The van der Waals surface area contributed by atoms with Gasteiger partial charge in [0.05, 0.1) is 35.0 Å². The van der Waals surface area contributed by atoms with Crippen molar-refractivity contribution in [2.24, 2.45) is 41.4 Å². The molecule has 0 unspecified atom stereocenters. The van der Waals surface area contributed by atoms with Crippen molar-refractivity contribution in [3.8, 4) is 0 Å². The first-order valence-electron chi connectivity index (χ1n) is 11.0. The van der Waals surface area contributed by atoms with E-state index in [4.69, 9.17) is 0 Å². The minimum absolute atomic E-state index is 0.0408. The first kappa shape index (κ1) is 18.0. The van der Waals surface area contributed by atoms with E-state index in [1.807, 2.05) is 19.1 Å². The number of fused-ring (bicyclic) bond motifs is 6. The average molecular weight is 404 g/mol. The molecule has 0 aromatic heterocycles. The van der Waals surface area contributed by atoms with Crippen LogP contribution >= 0.6 is 0 Å². The molecule has 2 saturated heterocycles. The van der Waals surface area contributed by atoms with Crippen LogP contribution in [0.2, 0.25) is 0 Å². The van der Waals surface area contributed by atoms with Gasteiger partial charge >= 0.3 is 0 Å². The molecule has 0 N–H and O–H groups in total. The van der Waals surface area contributed by atoms with Gasteiger partial charge in [0.15, 0.2) is 0 Å². The van der Waals surface area contributed by atoms with Gasteiger partial charge < -0.3 is 0 Å². The summed E-state index contributed by atoms with van der Waals surface area (Å²) < 4.78 is 0. The minimum Gasteiger partial charge on any atom is -0.274 e. The summed E-state index contributed by atoms with van der Waals surface area (Å²) in [5, 5.41) is 0. The molecule has 2 bridgehead atoms. The van der Waals surface area contributed by atoms with Crippen molar-refractivity contribution in [2.75, 3.05) is 9.80 Å². The van der Waals surface area contributed by atoms with Crippen LogP contribution in [0.1, 0.15) is 32.6 Å². The lowest BCUT2D eigenvalue weighted by atomic mass is 9.78. The molecule has 154 valence electrons. The summed E-state index contributed by atoms with van der Waals surface area (Å²) >= 11 is 0. The molecule has 3 aliphatic carbocycles. The smallest absolute Gasteiger partial charge is 0.238 e. The number of rotatable bonds is 2. The zero-order valence-corrected chi connectivity index (χ0v) is 16.9. The molecule has 1 aromatic rings. The highest BCUT2D eigenvalue weighted by molar-refractivity contribution is 6.24. The molecule has 7 atom stereocenters. The molecule has 2 saturated carbocycles. The number of imide groups is 2. The Labute approximate surface area is 174 Å². The van der Waals surface area contributed by atoms with E-state index in [9.17, 15) is 19.2 Å². The van der Waals surface area contributed by atoms with E-state index in [0.29, 0.717) is 29.6 Å². The van der Waals surface area contributed by atoms with Crippen LogP contribution in [0.5, 0.6) is 0 Å². The lowest BCUT2D eigenvalue weighted by Gasteiger charge is -2.22. The van der Waals surface area contributed by atoms with Crippen LogP contribution in [0.4, 0.5) is 11.4 Å². The summed E-state index contributed by atoms with van der Waals surface area (Å²) in [4.78, 5) is 54.5. The Morgan fingerprint density at radius 2 is 1.23 bits per heavy atom. The van der Waals surface area contributed by atoms with Crippen LogP contribution < -0.4 is 9.80 Å². The summed E-state index contributed by atoms with van der Waals surface area (Å²) in [7, 11) is 0. The molecule has 4 amide bonds. The topological polar surface area (TPSA) is 74.8 Å². The van der Waals surface area contributed by atoms with Crippen molar-refractivity contribution in [3.63, 3.8) is 0 Å². The van der Waals surface area contributed by atoms with Gasteiger partial charge in [-0.05, 0) is 67.7 Å². The number of carbonyl (C=O) groups excluding carboxylic acids is 4. The average Bonchev–Trinajstić information content (AvgIpc) is 3.47. The van der Waals surface area contributed by atoms with E-state index in [1.165, 1.54) is 9.80 Å². The van der Waals surface area contributed by atoms with E-state index in [2.05, 4.69) is 0 Å². The third kappa shape index (κ3) is 2.19. The van der Waals surface area contributed by atoms with Crippen molar-refractivity contribution < 1.29 is 19.2 Å². The molecule has 0 radical (unpaired) electrons. The van der Waals surface area contributed by atoms with Crippen LogP contribution in [0, 0.1) is 41.4 Å². The maximum Gasteiger partial charge on any atom is 0.238 e. The van der Waals surface area contributed by atoms with E-state index in [0.717, 1.165) is 19.3 Å². The Balaban J connectivity index is 1.28. The van der Waals surface area contributed by atoms with E-state index < -0.39 is 0 Å². The summed E-state index contributed by atoms with van der Waals surface area (Å²) in [6.45, 7) is 1.97. The van der Waals surface area contributed by atoms with Crippen LogP contribution in [-0.2, 0) is 19.2 Å². The van der Waals surface area contributed by atoms with E-state index in [1.54, 1.807) is 24.3 Å². The fourth-order valence-corrected chi connectivity index (χ4v) is 6.82. The molecule has 6 nitrogen and oxygen atoms in total. The van der Waals surface area contributed by atoms with Gasteiger partial charge in [0.25, 0.3) is 0 Å². The summed E-state index contributed by atoms with van der Waals surface area (Å²) in [6.07, 6.45) is 7.69. The Morgan fingerprint density at radius 1 is 0.733 bits per heavy atom. The zero-order valence-electron chi connectivity index (χ0n) is 16.9. The number of carbonyl (C=O) groups is 4. The van der Waals surface area contributed by atoms with Crippen molar-refractivity contribution in [3.05, 3.63) is 36.4 Å². The normalized spacial score (nSPS) is 39.3. The Morgan fingerprint density at radius 3 is 1.77 bits per heavy atom. The Kier molecular flexibility index (Phi) is 3.68. The van der Waals surface area contributed by atoms with Crippen molar-refractivity contribution in [2.45, 2.75) is 32.6 Å². The number of amides is 4. The number of allylic oxidation sites excluding steroid dienone is 2. The predicted molar refractivity (Wildman–Crippen MR) is 109 cm³/mol. The highest BCUT2D eigenvalue weighted by Crippen LogP contribution is 2.56. The van der Waals surface area contributed by atoms with Gasteiger partial charge in [-0.1, -0.05) is 19.1 Å². The number of anilines is 2. The summed E-state index contributed by atoms with van der Waals surface area (Å²) in [5.74, 6) is -0.661. The number of benzene rings is 1. The largest absolute Gasteiger partial charge is 0.274 e. The number of hydrogen-bond acceptors (Lipinski definition) is 4. The molecule has 6 rings (SSSR count). The van der Waals surface area contributed by atoms with E-state index >= 15 is 0 Å². The second-order valence-electron chi connectivity index (χ2n) is 9.58. The molecule has 6 heteroatoms. The fourth-order valence-electron chi connectivity index (χ4n) is 6.82. The lowest BCUT2D eigenvalue weighted by molar-refractivity contribution is -0.124. The van der Waals surface area contributed by atoms with Gasteiger partial charge in [-0.15, -0.1) is 0 Å². The number of nitrogens with zero attached hydrogens (tertiary/aromatic N) is 2. The maximum atomic E-state index is 13.0. The first-order valence-corrected chi connectivity index (χ1v) is 11.0. The summed E-state index contributed by atoms with van der Waals surface area (Å²) in [5.41, 5.74) is 1.05. The predicted octanol–water partition coefficient (Wildman–Crippen LogP) is 2.92. The first-order chi connectivity index (χ1) is 14.5. The fraction of sp³-hybridized carbons (Fsp3) is 0.500. The summed E-state index contributed by atoms with van der Waals surface area (Å²) in [6, 6.07) is 6.75. The molecule has 0 spiro atoms. The van der Waals surface area contributed by atoms with Gasteiger partial charge in [-0.3, -0.25) is 29.0 Å².